The molecule has 10 nitrogen and oxygen atoms in total. The Morgan fingerprint density at radius 1 is 1.10 bits per heavy atom. The molecule has 146 valence electrons. The van der Waals surface area contributed by atoms with Crippen molar-refractivity contribution in [3.05, 3.63) is 41.4 Å². The molecule has 5 rings (SSSR count). The topological polar surface area (TPSA) is 114 Å². The molecule has 1 aliphatic rings. The van der Waals surface area contributed by atoms with Crippen molar-refractivity contribution in [3.8, 4) is 5.82 Å². The van der Waals surface area contributed by atoms with Crippen LogP contribution in [0.3, 0.4) is 0 Å². The molecule has 0 aromatic carbocycles. The minimum Gasteiger partial charge on any atom is -0.368 e. The predicted molar refractivity (Wildman–Crippen MR) is 111 cm³/mol. The van der Waals surface area contributed by atoms with Crippen LogP contribution >= 0.6 is 22.9 Å². The summed E-state index contributed by atoms with van der Waals surface area (Å²) in [5, 5.41) is 13.9. The van der Waals surface area contributed by atoms with Gasteiger partial charge in [-0.2, -0.15) is 10.2 Å². The van der Waals surface area contributed by atoms with Gasteiger partial charge in [-0.05, 0) is 12.5 Å². The molecule has 1 aliphatic heterocycles. The Labute approximate surface area is 173 Å². The summed E-state index contributed by atoms with van der Waals surface area (Å²) >= 11 is 7.72. The minimum atomic E-state index is -0.425. The van der Waals surface area contributed by atoms with Gasteiger partial charge in [-0.15, -0.1) is 16.1 Å². The number of fused-ring (bicyclic) bond motifs is 1. The van der Waals surface area contributed by atoms with Crippen molar-refractivity contribution < 1.29 is 4.79 Å². The Balaban J connectivity index is 1.37. The van der Waals surface area contributed by atoms with Crippen molar-refractivity contribution in [2.45, 2.75) is 6.42 Å². The number of pyridine rings is 2. The van der Waals surface area contributed by atoms with Gasteiger partial charge in [-0.25, -0.2) is 19.7 Å². The van der Waals surface area contributed by atoms with Crippen LogP contribution in [0.1, 0.15) is 6.42 Å². The lowest BCUT2D eigenvalue weighted by Gasteiger charge is -2.34. The first-order valence-corrected chi connectivity index (χ1v) is 10.0. The van der Waals surface area contributed by atoms with Crippen molar-refractivity contribution in [1.29, 1.82) is 0 Å². The molecule has 4 aromatic rings. The van der Waals surface area contributed by atoms with Crippen LogP contribution in [0.15, 0.2) is 36.4 Å². The molecule has 5 heterocycles. The van der Waals surface area contributed by atoms with Gasteiger partial charge < -0.3 is 15.5 Å². The first kappa shape index (κ1) is 17.8. The molecule has 0 unspecified atom stereocenters. The third-order valence-corrected chi connectivity index (χ3v) is 5.46. The van der Waals surface area contributed by atoms with E-state index in [2.05, 4.69) is 40.7 Å². The van der Waals surface area contributed by atoms with Crippen LogP contribution < -0.4 is 15.5 Å². The molecule has 0 atom stereocenters. The maximum atomic E-state index is 12.6. The van der Waals surface area contributed by atoms with E-state index in [4.69, 9.17) is 11.6 Å². The van der Waals surface area contributed by atoms with E-state index in [0.717, 1.165) is 35.5 Å². The van der Waals surface area contributed by atoms with Crippen molar-refractivity contribution >= 4 is 56.4 Å². The van der Waals surface area contributed by atoms with E-state index in [1.165, 1.54) is 34.7 Å². The quantitative estimate of drug-likeness (QED) is 0.514. The molecule has 4 aromatic heterocycles. The number of rotatable bonds is 4. The monoisotopic (exact) mass is 427 g/mol. The Hall–Kier alpha value is -3.31. The number of aromatic nitrogens is 6. The largest absolute Gasteiger partial charge is 0.368 e. The van der Waals surface area contributed by atoms with Gasteiger partial charge in [0.1, 0.15) is 10.3 Å². The fourth-order valence-electron chi connectivity index (χ4n) is 3.01. The van der Waals surface area contributed by atoms with Crippen LogP contribution in [0, 0.1) is 0 Å². The van der Waals surface area contributed by atoms with E-state index in [1.54, 1.807) is 17.8 Å². The van der Waals surface area contributed by atoms with Crippen LogP contribution in [0.2, 0.25) is 5.02 Å². The summed E-state index contributed by atoms with van der Waals surface area (Å²) in [6, 6.07) is 1.16. The highest BCUT2D eigenvalue weighted by atomic mass is 35.5. The lowest BCUT2D eigenvalue weighted by Crippen LogP contribution is -2.38. The van der Waals surface area contributed by atoms with Gasteiger partial charge in [0.2, 0.25) is 0 Å². The van der Waals surface area contributed by atoms with E-state index in [-0.39, 0.29) is 0 Å². The smallest absolute Gasteiger partial charge is 0.323 e. The maximum Gasteiger partial charge on any atom is 0.323 e. The number of amides is 2. The van der Waals surface area contributed by atoms with Crippen molar-refractivity contribution in [2.24, 2.45) is 0 Å². The van der Waals surface area contributed by atoms with Gasteiger partial charge in [0.05, 0.1) is 52.4 Å². The van der Waals surface area contributed by atoms with E-state index >= 15 is 0 Å². The second-order valence-electron chi connectivity index (χ2n) is 6.29. The average Bonchev–Trinajstić information content (AvgIpc) is 3.33. The molecule has 12 heteroatoms. The van der Waals surface area contributed by atoms with E-state index in [1.807, 2.05) is 0 Å². The standard InChI is InChI=1S/C17H14ClN9OS/c18-11-6-10(7-19-15(11)27-22-2-3-23-27)24-17(28)25-12-8-20-16-13(21-9-29-16)14(12)26-4-1-5-26/h2-3,6-9H,1,4-5H2,(H2,24,25,28). The highest BCUT2D eigenvalue weighted by Crippen LogP contribution is 2.36. The first-order chi connectivity index (χ1) is 14.2. The van der Waals surface area contributed by atoms with E-state index < -0.39 is 6.03 Å². The molecule has 1 fully saturated rings. The zero-order chi connectivity index (χ0) is 19.8. The summed E-state index contributed by atoms with van der Waals surface area (Å²) < 4.78 is 0. The molecule has 2 amide bonds. The third-order valence-electron chi connectivity index (χ3n) is 4.45. The van der Waals surface area contributed by atoms with Gasteiger partial charge in [0.25, 0.3) is 0 Å². The summed E-state index contributed by atoms with van der Waals surface area (Å²) in [5.41, 5.74) is 4.50. The van der Waals surface area contributed by atoms with Crippen molar-refractivity contribution in [2.75, 3.05) is 28.6 Å². The van der Waals surface area contributed by atoms with E-state index in [0.29, 0.717) is 22.2 Å². The Bertz CT molecular complexity index is 1190. The van der Waals surface area contributed by atoms with Gasteiger partial charge in [-0.3, -0.25) is 0 Å². The zero-order valence-electron chi connectivity index (χ0n) is 14.9. The number of urea groups is 1. The van der Waals surface area contributed by atoms with Crippen LogP contribution in [0.4, 0.5) is 21.9 Å². The summed E-state index contributed by atoms with van der Waals surface area (Å²) in [6.45, 7) is 1.85. The summed E-state index contributed by atoms with van der Waals surface area (Å²) in [5.74, 6) is 0.376. The maximum absolute atomic E-state index is 12.6. The fourth-order valence-corrected chi connectivity index (χ4v) is 3.89. The molecule has 0 aliphatic carbocycles. The Kier molecular flexibility index (Phi) is 4.45. The second kappa shape index (κ2) is 7.26. The summed E-state index contributed by atoms with van der Waals surface area (Å²) in [6.07, 6.45) is 7.32. The molecule has 0 bridgehead atoms. The highest BCUT2D eigenvalue weighted by Gasteiger charge is 2.23. The predicted octanol–water partition coefficient (Wildman–Crippen LogP) is 3.17. The number of nitrogens with zero attached hydrogens (tertiary/aromatic N) is 7. The number of carbonyl (C=O) groups excluding carboxylic acids is 1. The number of halogens is 1. The second-order valence-corrected chi connectivity index (χ2v) is 7.53. The van der Waals surface area contributed by atoms with Gasteiger partial charge in [0.15, 0.2) is 5.82 Å². The lowest BCUT2D eigenvalue weighted by molar-refractivity contribution is 0.262. The van der Waals surface area contributed by atoms with Gasteiger partial charge in [0, 0.05) is 13.1 Å². The van der Waals surface area contributed by atoms with Crippen LogP contribution in [-0.4, -0.2) is 49.1 Å². The molecule has 1 saturated heterocycles. The van der Waals surface area contributed by atoms with Gasteiger partial charge >= 0.3 is 6.03 Å². The molecular formula is C17H14ClN9OS. The third kappa shape index (κ3) is 3.34. The summed E-state index contributed by atoms with van der Waals surface area (Å²) in [7, 11) is 0. The number of thiazole rings is 1. The number of carbonyl (C=O) groups is 1. The van der Waals surface area contributed by atoms with Gasteiger partial charge in [-0.1, -0.05) is 11.6 Å². The first-order valence-electron chi connectivity index (χ1n) is 8.76. The molecule has 2 N–H and O–H groups in total. The number of hydrogen-bond acceptors (Lipinski definition) is 8. The van der Waals surface area contributed by atoms with Crippen LogP contribution in [0.25, 0.3) is 16.2 Å². The SMILES string of the molecule is O=C(Nc1cnc(-n2nccn2)c(Cl)c1)Nc1cnc2scnc2c1N1CCC1. The molecular weight excluding hydrogens is 414 g/mol. The molecule has 0 spiro atoms. The molecule has 0 radical (unpaired) electrons. The minimum absolute atomic E-state index is 0.311. The Morgan fingerprint density at radius 2 is 1.93 bits per heavy atom. The number of nitrogens with one attached hydrogen (secondary N) is 2. The van der Waals surface area contributed by atoms with Crippen LogP contribution in [0.5, 0.6) is 0 Å². The molecule has 0 saturated carbocycles. The zero-order valence-corrected chi connectivity index (χ0v) is 16.5. The summed E-state index contributed by atoms with van der Waals surface area (Å²) in [4.78, 5) is 29.9. The highest BCUT2D eigenvalue weighted by molar-refractivity contribution is 7.16. The fraction of sp³-hybridized carbons (Fsp3) is 0.176. The number of hydrogen-bond donors (Lipinski definition) is 2. The van der Waals surface area contributed by atoms with E-state index in [9.17, 15) is 4.79 Å². The normalized spacial score (nSPS) is 13.3. The molecule has 29 heavy (non-hydrogen) atoms. The lowest BCUT2D eigenvalue weighted by atomic mass is 10.1. The van der Waals surface area contributed by atoms with Crippen molar-refractivity contribution in [1.82, 2.24) is 29.9 Å². The average molecular weight is 428 g/mol. The van der Waals surface area contributed by atoms with Crippen molar-refractivity contribution in [3.63, 3.8) is 0 Å². The van der Waals surface area contributed by atoms with Crippen LogP contribution in [-0.2, 0) is 0 Å². The Morgan fingerprint density at radius 3 is 2.66 bits per heavy atom. The number of anilines is 3.